The molecule has 0 aromatic heterocycles. The fraction of sp³-hybridized carbons (Fsp3) is 0.917. The van der Waals surface area contributed by atoms with Gasteiger partial charge in [0.15, 0.2) is 0 Å². The highest BCUT2D eigenvalue weighted by atomic mass is 35.5. The molecule has 0 saturated heterocycles. The van der Waals surface area contributed by atoms with Crippen molar-refractivity contribution in [2.45, 2.75) is 38.3 Å². The zero-order valence-corrected chi connectivity index (χ0v) is 11.4. The molecule has 0 aliphatic heterocycles. The van der Waals surface area contributed by atoms with Gasteiger partial charge in [0.05, 0.1) is 0 Å². The van der Waals surface area contributed by atoms with Gasteiger partial charge in [0.25, 0.3) is 0 Å². The molecule has 1 amide bonds. The normalized spacial score (nSPS) is 19.2. The molecule has 1 N–H and O–H groups in total. The molecule has 0 radical (unpaired) electrons. The highest BCUT2D eigenvalue weighted by Gasteiger charge is 2.32. The van der Waals surface area contributed by atoms with Crippen LogP contribution in [0.1, 0.15) is 32.1 Å². The van der Waals surface area contributed by atoms with Crippen LogP contribution in [-0.4, -0.2) is 37.7 Å². The number of amides is 1. The van der Waals surface area contributed by atoms with E-state index in [-0.39, 0.29) is 5.41 Å². The van der Waals surface area contributed by atoms with Gasteiger partial charge in [-0.1, -0.05) is 19.3 Å². The van der Waals surface area contributed by atoms with Gasteiger partial charge >= 0.3 is 6.18 Å². The second-order valence-electron chi connectivity index (χ2n) is 5.08. The number of halogens is 4. The lowest BCUT2D eigenvalue weighted by molar-refractivity contribution is -0.175. The quantitative estimate of drug-likeness (QED) is 0.766. The summed E-state index contributed by atoms with van der Waals surface area (Å²) in [7, 11) is 0. The lowest BCUT2D eigenvalue weighted by Crippen LogP contribution is -2.41. The fourth-order valence-electron chi connectivity index (χ4n) is 2.26. The highest BCUT2D eigenvalue weighted by molar-refractivity contribution is 6.18. The summed E-state index contributed by atoms with van der Waals surface area (Å²) >= 11 is 5.95. The molecular formula is C12H19ClF3NO2. The molecule has 0 aromatic rings. The van der Waals surface area contributed by atoms with Gasteiger partial charge < -0.3 is 10.1 Å². The molecule has 0 aromatic carbocycles. The van der Waals surface area contributed by atoms with Crippen molar-refractivity contribution in [3.8, 4) is 0 Å². The molecule has 0 unspecified atom stereocenters. The van der Waals surface area contributed by atoms with Crippen molar-refractivity contribution in [3.05, 3.63) is 0 Å². The van der Waals surface area contributed by atoms with Crippen molar-refractivity contribution in [3.63, 3.8) is 0 Å². The van der Waals surface area contributed by atoms with Gasteiger partial charge in [-0.3, -0.25) is 4.79 Å². The second-order valence-corrected chi connectivity index (χ2v) is 5.35. The lowest BCUT2D eigenvalue weighted by Gasteiger charge is -2.35. The van der Waals surface area contributed by atoms with E-state index in [0.29, 0.717) is 12.4 Å². The molecular weight excluding hydrogens is 283 g/mol. The Morgan fingerprint density at radius 2 is 1.89 bits per heavy atom. The molecule has 1 saturated carbocycles. The topological polar surface area (TPSA) is 38.3 Å². The van der Waals surface area contributed by atoms with E-state index in [1.165, 1.54) is 6.42 Å². The van der Waals surface area contributed by atoms with Crippen molar-refractivity contribution < 1.29 is 22.7 Å². The number of alkyl halides is 4. The lowest BCUT2D eigenvalue weighted by atomic mass is 9.75. The predicted octanol–water partition coefficient (Wildman–Crippen LogP) is 2.87. The molecule has 0 heterocycles. The standard InChI is InChI=1S/C12H19ClF3NO2/c13-7-11(4-2-1-3-5-11)8-17-10(18)6-19-9-12(14,15)16/h1-9H2,(H,17,18). The van der Waals surface area contributed by atoms with Crippen LogP contribution >= 0.6 is 11.6 Å². The van der Waals surface area contributed by atoms with Crippen LogP contribution in [0.4, 0.5) is 13.2 Å². The fourth-order valence-corrected chi connectivity index (χ4v) is 2.62. The first-order chi connectivity index (χ1) is 8.87. The van der Waals surface area contributed by atoms with Crippen molar-refractivity contribution in [1.82, 2.24) is 5.32 Å². The third kappa shape index (κ3) is 6.47. The highest BCUT2D eigenvalue weighted by Crippen LogP contribution is 2.36. The Morgan fingerprint density at radius 1 is 1.26 bits per heavy atom. The molecule has 0 spiro atoms. The molecule has 3 nitrogen and oxygen atoms in total. The van der Waals surface area contributed by atoms with Crippen molar-refractivity contribution >= 4 is 17.5 Å². The van der Waals surface area contributed by atoms with Crippen LogP contribution in [0.25, 0.3) is 0 Å². The third-order valence-electron chi connectivity index (χ3n) is 3.36. The van der Waals surface area contributed by atoms with Crippen LogP contribution in [0.2, 0.25) is 0 Å². The first-order valence-electron chi connectivity index (χ1n) is 6.34. The SMILES string of the molecule is O=C(COCC(F)(F)F)NCC1(CCl)CCCCC1. The number of nitrogens with one attached hydrogen (secondary N) is 1. The zero-order valence-electron chi connectivity index (χ0n) is 10.7. The number of hydrogen-bond donors (Lipinski definition) is 1. The van der Waals surface area contributed by atoms with E-state index >= 15 is 0 Å². The van der Waals surface area contributed by atoms with Crippen LogP contribution in [0.3, 0.4) is 0 Å². The van der Waals surface area contributed by atoms with E-state index in [1.807, 2.05) is 0 Å². The average Bonchev–Trinajstić information content (AvgIpc) is 2.36. The molecule has 112 valence electrons. The van der Waals surface area contributed by atoms with Crippen LogP contribution < -0.4 is 5.32 Å². The summed E-state index contributed by atoms with van der Waals surface area (Å²) < 4.78 is 39.8. The summed E-state index contributed by atoms with van der Waals surface area (Å²) in [5.74, 6) is -0.0734. The average molecular weight is 302 g/mol. The maximum atomic E-state index is 11.8. The summed E-state index contributed by atoms with van der Waals surface area (Å²) in [4.78, 5) is 11.4. The minimum absolute atomic E-state index is 0.112. The second kappa shape index (κ2) is 7.33. The van der Waals surface area contributed by atoms with E-state index in [9.17, 15) is 18.0 Å². The van der Waals surface area contributed by atoms with Gasteiger partial charge in [0.1, 0.15) is 13.2 Å². The number of hydrogen-bond acceptors (Lipinski definition) is 2. The summed E-state index contributed by atoms with van der Waals surface area (Å²) in [5, 5.41) is 2.61. The van der Waals surface area contributed by atoms with Gasteiger partial charge in [-0.15, -0.1) is 11.6 Å². The summed E-state index contributed by atoms with van der Waals surface area (Å²) in [6.45, 7) is -1.57. The minimum atomic E-state index is -4.40. The van der Waals surface area contributed by atoms with Crippen molar-refractivity contribution in [1.29, 1.82) is 0 Å². The molecule has 1 aliphatic carbocycles. The summed E-state index contributed by atoms with van der Waals surface area (Å²) in [6.07, 6.45) is 0.809. The Kier molecular flexibility index (Phi) is 6.39. The van der Waals surface area contributed by atoms with E-state index in [2.05, 4.69) is 10.1 Å². The maximum Gasteiger partial charge on any atom is 0.411 e. The Bertz CT molecular complexity index is 291. The summed E-state index contributed by atoms with van der Waals surface area (Å²) in [6, 6.07) is 0. The minimum Gasteiger partial charge on any atom is -0.362 e. The molecule has 1 rings (SSSR count). The van der Waals surface area contributed by atoms with Crippen molar-refractivity contribution in [2.75, 3.05) is 25.6 Å². The molecule has 19 heavy (non-hydrogen) atoms. The first kappa shape index (κ1) is 16.6. The molecule has 1 aliphatic rings. The Morgan fingerprint density at radius 3 is 2.42 bits per heavy atom. The van der Waals surface area contributed by atoms with Crippen molar-refractivity contribution in [2.24, 2.45) is 5.41 Å². The molecule has 0 atom stereocenters. The maximum absolute atomic E-state index is 11.8. The summed E-state index contributed by atoms with van der Waals surface area (Å²) in [5.41, 5.74) is -0.112. The first-order valence-corrected chi connectivity index (χ1v) is 6.88. The zero-order chi connectivity index (χ0) is 14.4. The van der Waals surface area contributed by atoms with Crippen LogP contribution in [0, 0.1) is 5.41 Å². The Hall–Kier alpha value is -0.490. The molecule has 0 bridgehead atoms. The van der Waals surface area contributed by atoms with E-state index in [4.69, 9.17) is 11.6 Å². The van der Waals surface area contributed by atoms with Gasteiger partial charge in [-0.05, 0) is 12.8 Å². The molecule has 7 heteroatoms. The predicted molar refractivity (Wildman–Crippen MR) is 66.1 cm³/mol. The van der Waals surface area contributed by atoms with E-state index in [1.54, 1.807) is 0 Å². The number of rotatable bonds is 6. The van der Waals surface area contributed by atoms with Gasteiger partial charge in [-0.25, -0.2) is 0 Å². The van der Waals surface area contributed by atoms with E-state index < -0.39 is 25.3 Å². The van der Waals surface area contributed by atoms with Gasteiger partial charge in [0.2, 0.25) is 5.91 Å². The Balaban J connectivity index is 2.25. The number of carbonyl (C=O) groups excluding carboxylic acids is 1. The third-order valence-corrected chi connectivity index (χ3v) is 3.92. The monoisotopic (exact) mass is 301 g/mol. The van der Waals surface area contributed by atoms with Crippen LogP contribution in [0.5, 0.6) is 0 Å². The van der Waals surface area contributed by atoms with Gasteiger partial charge in [0, 0.05) is 17.8 Å². The molecule has 1 fully saturated rings. The number of ether oxygens (including phenoxy) is 1. The van der Waals surface area contributed by atoms with Crippen LogP contribution in [0.15, 0.2) is 0 Å². The smallest absolute Gasteiger partial charge is 0.362 e. The van der Waals surface area contributed by atoms with E-state index in [0.717, 1.165) is 25.7 Å². The Labute approximate surface area is 115 Å². The largest absolute Gasteiger partial charge is 0.411 e. The van der Waals surface area contributed by atoms with Gasteiger partial charge in [-0.2, -0.15) is 13.2 Å². The number of carbonyl (C=O) groups is 1. The van der Waals surface area contributed by atoms with Crippen LogP contribution in [-0.2, 0) is 9.53 Å².